The van der Waals surface area contributed by atoms with E-state index in [9.17, 15) is 4.79 Å². The molecule has 2 fully saturated rings. The molecule has 6 nitrogen and oxygen atoms in total. The quantitative estimate of drug-likeness (QED) is 0.881. The molecule has 1 atom stereocenters. The van der Waals surface area contributed by atoms with Crippen LogP contribution in [0.3, 0.4) is 0 Å². The Morgan fingerprint density at radius 2 is 1.96 bits per heavy atom. The predicted molar refractivity (Wildman–Crippen MR) is 98.1 cm³/mol. The highest BCUT2D eigenvalue weighted by Gasteiger charge is 2.28. The number of amides is 1. The number of nitrogens with zero attached hydrogens (tertiary/aromatic N) is 2. The maximum absolute atomic E-state index is 12.3. The fourth-order valence-electron chi connectivity index (χ4n) is 3.70. The number of piperidine rings is 1. The molecule has 0 aromatic heterocycles. The average molecular weight is 347 g/mol. The van der Waals surface area contributed by atoms with E-state index in [2.05, 4.69) is 22.0 Å². The zero-order chi connectivity index (χ0) is 17.6. The molecule has 1 aromatic carbocycles. The number of hydrogen-bond donors (Lipinski definition) is 1. The fraction of sp³-hybridized carbons (Fsp3) is 0.632. The number of carbonyl (C=O) groups is 1. The molecule has 138 valence electrons. The van der Waals surface area contributed by atoms with Gasteiger partial charge in [-0.3, -0.25) is 14.6 Å². The lowest BCUT2D eigenvalue weighted by atomic mass is 10.0. The summed E-state index contributed by atoms with van der Waals surface area (Å²) < 4.78 is 10.8. The molecule has 0 saturated carbocycles. The van der Waals surface area contributed by atoms with Crippen LogP contribution in [0.5, 0.6) is 5.75 Å². The largest absolute Gasteiger partial charge is 0.497 e. The van der Waals surface area contributed by atoms with Crippen LogP contribution in [0.1, 0.15) is 19.8 Å². The van der Waals surface area contributed by atoms with Crippen LogP contribution < -0.4 is 10.1 Å². The van der Waals surface area contributed by atoms with Crippen molar-refractivity contribution >= 4 is 11.6 Å². The molecule has 1 amide bonds. The van der Waals surface area contributed by atoms with Crippen LogP contribution in [-0.2, 0) is 9.53 Å². The summed E-state index contributed by atoms with van der Waals surface area (Å²) in [6.07, 6.45) is 2.59. The number of benzene rings is 1. The Kier molecular flexibility index (Phi) is 6.29. The molecule has 2 saturated heterocycles. The Hall–Kier alpha value is -1.63. The normalized spacial score (nSPS) is 23.4. The number of methoxy groups -OCH3 is 1. The van der Waals surface area contributed by atoms with E-state index < -0.39 is 0 Å². The lowest BCUT2D eigenvalue weighted by Crippen LogP contribution is -2.51. The van der Waals surface area contributed by atoms with Crippen LogP contribution in [0.4, 0.5) is 5.69 Å². The molecule has 2 heterocycles. The Balaban J connectivity index is 1.41. The zero-order valence-electron chi connectivity index (χ0n) is 15.2. The number of anilines is 1. The molecule has 25 heavy (non-hydrogen) atoms. The predicted octanol–water partition coefficient (Wildman–Crippen LogP) is 1.82. The standard InChI is InChI=1S/C19H29N3O3/c1-15-13-22(11-12-25-15)17-7-9-21(10-8-17)14-19(23)20-16-3-5-18(24-2)6-4-16/h3-6,15,17H,7-14H2,1-2H3,(H,20,23)/t15-/m0/s1. The van der Waals surface area contributed by atoms with Gasteiger partial charge in [-0.2, -0.15) is 0 Å². The topological polar surface area (TPSA) is 54.0 Å². The summed E-state index contributed by atoms with van der Waals surface area (Å²) in [5.74, 6) is 0.834. The highest BCUT2D eigenvalue weighted by atomic mass is 16.5. The van der Waals surface area contributed by atoms with E-state index in [0.29, 0.717) is 18.7 Å². The maximum atomic E-state index is 12.3. The first-order chi connectivity index (χ1) is 12.1. The van der Waals surface area contributed by atoms with Crippen LogP contribution >= 0.6 is 0 Å². The summed E-state index contributed by atoms with van der Waals surface area (Å²) in [5, 5.41) is 2.96. The first-order valence-electron chi connectivity index (χ1n) is 9.16. The summed E-state index contributed by atoms with van der Waals surface area (Å²) >= 11 is 0. The van der Waals surface area contributed by atoms with Gasteiger partial charge in [0.05, 0.1) is 26.4 Å². The summed E-state index contributed by atoms with van der Waals surface area (Å²) in [5.41, 5.74) is 0.808. The molecule has 0 aliphatic carbocycles. The van der Waals surface area contributed by atoms with E-state index in [1.807, 2.05) is 24.3 Å². The lowest BCUT2D eigenvalue weighted by Gasteiger charge is -2.41. The molecular weight excluding hydrogens is 318 g/mol. The summed E-state index contributed by atoms with van der Waals surface area (Å²) in [6.45, 7) is 7.46. The fourth-order valence-corrected chi connectivity index (χ4v) is 3.70. The molecule has 0 radical (unpaired) electrons. The number of nitrogens with one attached hydrogen (secondary N) is 1. The minimum absolute atomic E-state index is 0.0450. The zero-order valence-corrected chi connectivity index (χ0v) is 15.2. The Labute approximate surface area is 150 Å². The second kappa shape index (κ2) is 8.65. The van der Waals surface area contributed by atoms with Crippen molar-refractivity contribution in [2.24, 2.45) is 0 Å². The van der Waals surface area contributed by atoms with Crippen LogP contribution in [0.25, 0.3) is 0 Å². The number of carbonyl (C=O) groups excluding carboxylic acids is 1. The van der Waals surface area contributed by atoms with Gasteiger partial charge in [-0.05, 0) is 44.0 Å². The van der Waals surface area contributed by atoms with Crippen molar-refractivity contribution in [1.82, 2.24) is 9.80 Å². The van der Waals surface area contributed by atoms with E-state index in [4.69, 9.17) is 9.47 Å². The monoisotopic (exact) mass is 347 g/mol. The Morgan fingerprint density at radius 3 is 2.60 bits per heavy atom. The number of likely N-dealkylation sites (tertiary alicyclic amines) is 1. The second-order valence-electron chi connectivity index (χ2n) is 6.96. The van der Waals surface area contributed by atoms with Gasteiger partial charge in [0.1, 0.15) is 5.75 Å². The SMILES string of the molecule is COc1ccc(NC(=O)CN2CCC(N3CCO[C@@H](C)C3)CC2)cc1. The molecule has 0 bridgehead atoms. The molecular formula is C19H29N3O3. The van der Waals surface area contributed by atoms with Gasteiger partial charge in [0.15, 0.2) is 0 Å². The van der Waals surface area contributed by atoms with Gasteiger partial charge in [0, 0.05) is 37.9 Å². The van der Waals surface area contributed by atoms with Crippen LogP contribution in [-0.4, -0.2) is 74.3 Å². The molecule has 1 aromatic rings. The molecule has 0 unspecified atom stereocenters. The average Bonchev–Trinajstić information content (AvgIpc) is 2.63. The third-order valence-corrected chi connectivity index (χ3v) is 5.09. The molecule has 1 N–H and O–H groups in total. The number of ether oxygens (including phenoxy) is 2. The van der Waals surface area contributed by atoms with Crippen molar-refractivity contribution in [1.29, 1.82) is 0 Å². The second-order valence-corrected chi connectivity index (χ2v) is 6.96. The number of rotatable bonds is 5. The van der Waals surface area contributed by atoms with Gasteiger partial charge in [-0.25, -0.2) is 0 Å². The first-order valence-corrected chi connectivity index (χ1v) is 9.16. The van der Waals surface area contributed by atoms with Gasteiger partial charge >= 0.3 is 0 Å². The first kappa shape index (κ1) is 18.2. The summed E-state index contributed by atoms with van der Waals surface area (Å²) in [4.78, 5) is 17.1. The maximum Gasteiger partial charge on any atom is 0.238 e. The van der Waals surface area contributed by atoms with Gasteiger partial charge in [0.25, 0.3) is 0 Å². The van der Waals surface area contributed by atoms with E-state index >= 15 is 0 Å². The molecule has 3 rings (SSSR count). The van der Waals surface area contributed by atoms with Gasteiger partial charge in [0.2, 0.25) is 5.91 Å². The lowest BCUT2D eigenvalue weighted by molar-refractivity contribution is -0.117. The van der Waals surface area contributed by atoms with E-state index in [1.54, 1.807) is 7.11 Å². The highest BCUT2D eigenvalue weighted by molar-refractivity contribution is 5.92. The Morgan fingerprint density at radius 1 is 1.24 bits per heavy atom. The molecule has 6 heteroatoms. The minimum Gasteiger partial charge on any atom is -0.497 e. The summed E-state index contributed by atoms with van der Waals surface area (Å²) in [7, 11) is 1.63. The van der Waals surface area contributed by atoms with Crippen molar-refractivity contribution in [3.8, 4) is 5.75 Å². The van der Waals surface area contributed by atoms with Crippen LogP contribution in [0, 0.1) is 0 Å². The van der Waals surface area contributed by atoms with Crippen molar-refractivity contribution in [3.05, 3.63) is 24.3 Å². The molecule has 0 spiro atoms. The van der Waals surface area contributed by atoms with Crippen molar-refractivity contribution in [2.45, 2.75) is 31.9 Å². The molecule has 2 aliphatic heterocycles. The van der Waals surface area contributed by atoms with Crippen LogP contribution in [0.15, 0.2) is 24.3 Å². The number of hydrogen-bond acceptors (Lipinski definition) is 5. The smallest absolute Gasteiger partial charge is 0.238 e. The van der Waals surface area contributed by atoms with Crippen molar-refractivity contribution < 1.29 is 14.3 Å². The van der Waals surface area contributed by atoms with Crippen molar-refractivity contribution in [2.75, 3.05) is 51.8 Å². The third kappa shape index (κ3) is 5.17. The highest BCUT2D eigenvalue weighted by Crippen LogP contribution is 2.19. The van der Waals surface area contributed by atoms with Gasteiger partial charge in [-0.1, -0.05) is 0 Å². The van der Waals surface area contributed by atoms with Crippen LogP contribution in [0.2, 0.25) is 0 Å². The van der Waals surface area contributed by atoms with E-state index in [-0.39, 0.29) is 5.91 Å². The Bertz CT molecular complexity index is 556. The molecule has 2 aliphatic rings. The van der Waals surface area contributed by atoms with E-state index in [1.165, 1.54) is 0 Å². The third-order valence-electron chi connectivity index (χ3n) is 5.09. The van der Waals surface area contributed by atoms with E-state index in [0.717, 1.165) is 57.1 Å². The van der Waals surface area contributed by atoms with Gasteiger partial charge in [-0.15, -0.1) is 0 Å². The minimum atomic E-state index is 0.0450. The van der Waals surface area contributed by atoms with Crippen molar-refractivity contribution in [3.63, 3.8) is 0 Å². The number of morpholine rings is 1. The van der Waals surface area contributed by atoms with Gasteiger partial charge < -0.3 is 14.8 Å². The summed E-state index contributed by atoms with van der Waals surface area (Å²) in [6, 6.07) is 8.06.